The number of hydrogen-bond acceptors (Lipinski definition) is 8. The summed E-state index contributed by atoms with van der Waals surface area (Å²) in [6, 6.07) is 7.93. The first kappa shape index (κ1) is 17.0. The van der Waals surface area contributed by atoms with E-state index in [0.29, 0.717) is 23.6 Å². The molecule has 1 aromatic carbocycles. The van der Waals surface area contributed by atoms with E-state index < -0.39 is 0 Å². The number of hydrogen-bond donors (Lipinski definition) is 0. The van der Waals surface area contributed by atoms with Crippen molar-refractivity contribution in [1.29, 1.82) is 0 Å². The highest BCUT2D eigenvalue weighted by Gasteiger charge is 2.21. The molecule has 0 radical (unpaired) electrons. The summed E-state index contributed by atoms with van der Waals surface area (Å²) in [5.74, 6) is 2.38. The van der Waals surface area contributed by atoms with E-state index in [9.17, 15) is 0 Å². The molecule has 0 bridgehead atoms. The highest BCUT2D eigenvalue weighted by molar-refractivity contribution is 7.98. The van der Waals surface area contributed by atoms with Crippen molar-refractivity contribution in [3.05, 3.63) is 30.2 Å². The van der Waals surface area contributed by atoms with Crippen LogP contribution in [0.1, 0.15) is 44.0 Å². The summed E-state index contributed by atoms with van der Waals surface area (Å²) in [6.45, 7) is 0. The number of aromatic nitrogens is 6. The summed E-state index contributed by atoms with van der Waals surface area (Å²) < 4.78 is 12.9. The Morgan fingerprint density at radius 3 is 2.69 bits per heavy atom. The minimum Gasteiger partial charge on any atom is -0.497 e. The molecule has 0 spiro atoms. The van der Waals surface area contributed by atoms with E-state index in [1.54, 1.807) is 7.11 Å². The van der Waals surface area contributed by atoms with Gasteiger partial charge in [-0.05, 0) is 47.5 Å². The predicted octanol–water partition coefficient (Wildman–Crippen LogP) is 3.53. The maximum absolute atomic E-state index is 5.77. The lowest BCUT2D eigenvalue weighted by atomic mass is 9.96. The highest BCUT2D eigenvalue weighted by atomic mass is 32.2. The molecule has 0 amide bonds. The lowest BCUT2D eigenvalue weighted by molar-refractivity contribution is 0.307. The average molecular weight is 372 g/mol. The molecule has 0 atom stereocenters. The Morgan fingerprint density at radius 1 is 1.12 bits per heavy atom. The zero-order valence-corrected chi connectivity index (χ0v) is 15.4. The summed E-state index contributed by atoms with van der Waals surface area (Å²) in [4.78, 5) is 0. The molecule has 3 aromatic rings. The number of ether oxygens (including phenoxy) is 1. The molecule has 0 aliphatic heterocycles. The Bertz CT molecular complexity index is 841. The second-order valence-electron chi connectivity index (χ2n) is 6.22. The fourth-order valence-electron chi connectivity index (χ4n) is 3.12. The van der Waals surface area contributed by atoms with Crippen molar-refractivity contribution in [1.82, 2.24) is 30.4 Å². The fourth-order valence-corrected chi connectivity index (χ4v) is 3.91. The zero-order valence-electron chi connectivity index (χ0n) is 14.5. The topological polar surface area (TPSA) is 91.8 Å². The third-order valence-electron chi connectivity index (χ3n) is 4.51. The Hall–Kier alpha value is -2.42. The van der Waals surface area contributed by atoms with Crippen molar-refractivity contribution in [3.8, 4) is 17.2 Å². The third kappa shape index (κ3) is 3.72. The van der Waals surface area contributed by atoms with Crippen LogP contribution in [0.15, 0.2) is 33.8 Å². The second kappa shape index (κ2) is 7.86. The third-order valence-corrected chi connectivity index (χ3v) is 5.43. The van der Waals surface area contributed by atoms with Crippen LogP contribution in [0.3, 0.4) is 0 Å². The van der Waals surface area contributed by atoms with Crippen LogP contribution in [0.4, 0.5) is 0 Å². The summed E-state index contributed by atoms with van der Waals surface area (Å²) in [7, 11) is 1.64. The largest absolute Gasteiger partial charge is 0.497 e. The summed E-state index contributed by atoms with van der Waals surface area (Å²) >= 11 is 1.53. The SMILES string of the molecule is COc1ccc(-c2nnc(CSc3nnnn3C3CCCCC3)o2)cc1. The van der Waals surface area contributed by atoms with Gasteiger partial charge in [0.15, 0.2) is 0 Å². The van der Waals surface area contributed by atoms with Crippen LogP contribution < -0.4 is 4.74 Å². The van der Waals surface area contributed by atoms with E-state index in [4.69, 9.17) is 9.15 Å². The molecule has 1 fully saturated rings. The van der Waals surface area contributed by atoms with Gasteiger partial charge in [-0.15, -0.1) is 15.3 Å². The molecule has 1 saturated carbocycles. The van der Waals surface area contributed by atoms with Crippen LogP contribution >= 0.6 is 11.8 Å². The standard InChI is InChI=1S/C17H20N6O2S/c1-24-14-9-7-12(8-10-14)16-19-18-15(25-16)11-26-17-20-21-22-23(17)13-5-3-2-4-6-13/h7-10,13H,2-6,11H2,1H3. The molecule has 4 rings (SSSR count). The van der Waals surface area contributed by atoms with Gasteiger partial charge in [0.1, 0.15) is 5.75 Å². The van der Waals surface area contributed by atoms with E-state index in [0.717, 1.165) is 29.3 Å². The van der Waals surface area contributed by atoms with Gasteiger partial charge in [-0.3, -0.25) is 0 Å². The van der Waals surface area contributed by atoms with Gasteiger partial charge in [0.25, 0.3) is 0 Å². The molecule has 2 aromatic heterocycles. The van der Waals surface area contributed by atoms with Crippen LogP contribution in [0.5, 0.6) is 5.75 Å². The smallest absolute Gasteiger partial charge is 0.247 e. The van der Waals surface area contributed by atoms with E-state index in [-0.39, 0.29) is 0 Å². The van der Waals surface area contributed by atoms with Gasteiger partial charge in [0.05, 0.1) is 18.9 Å². The number of nitrogens with zero attached hydrogens (tertiary/aromatic N) is 6. The predicted molar refractivity (Wildman–Crippen MR) is 95.8 cm³/mol. The zero-order chi connectivity index (χ0) is 17.8. The van der Waals surface area contributed by atoms with E-state index in [2.05, 4.69) is 25.7 Å². The first-order valence-electron chi connectivity index (χ1n) is 8.71. The molecular formula is C17H20N6O2S. The molecule has 2 heterocycles. The van der Waals surface area contributed by atoms with Crippen molar-refractivity contribution in [2.24, 2.45) is 0 Å². The Labute approximate surface area is 155 Å². The van der Waals surface area contributed by atoms with Gasteiger partial charge in [0, 0.05) is 5.56 Å². The monoisotopic (exact) mass is 372 g/mol. The molecule has 136 valence electrons. The first-order valence-corrected chi connectivity index (χ1v) is 9.69. The van der Waals surface area contributed by atoms with Gasteiger partial charge >= 0.3 is 0 Å². The lowest BCUT2D eigenvalue weighted by Gasteiger charge is -2.21. The van der Waals surface area contributed by atoms with Crippen molar-refractivity contribution in [2.45, 2.75) is 49.1 Å². The van der Waals surface area contributed by atoms with E-state index in [1.807, 2.05) is 28.9 Å². The number of thioether (sulfide) groups is 1. The Kier molecular flexibility index (Phi) is 5.14. The number of benzene rings is 1. The number of rotatable bonds is 6. The molecule has 0 N–H and O–H groups in total. The van der Waals surface area contributed by atoms with Gasteiger partial charge in [-0.2, -0.15) is 0 Å². The van der Waals surface area contributed by atoms with E-state index in [1.165, 1.54) is 31.0 Å². The lowest BCUT2D eigenvalue weighted by Crippen LogP contribution is -2.15. The van der Waals surface area contributed by atoms with Crippen molar-refractivity contribution in [3.63, 3.8) is 0 Å². The maximum Gasteiger partial charge on any atom is 0.247 e. The van der Waals surface area contributed by atoms with Crippen LogP contribution in [-0.4, -0.2) is 37.5 Å². The number of tetrazole rings is 1. The number of methoxy groups -OCH3 is 1. The summed E-state index contributed by atoms with van der Waals surface area (Å²) in [5.41, 5.74) is 0.863. The molecule has 8 nitrogen and oxygen atoms in total. The molecule has 1 aliphatic carbocycles. The van der Waals surface area contributed by atoms with Crippen LogP contribution in [0.25, 0.3) is 11.5 Å². The minimum atomic E-state index is 0.402. The molecule has 0 saturated heterocycles. The Balaban J connectivity index is 1.41. The molecule has 9 heteroatoms. The second-order valence-corrected chi connectivity index (χ2v) is 7.16. The average Bonchev–Trinajstić information content (AvgIpc) is 3.36. The summed E-state index contributed by atoms with van der Waals surface area (Å²) in [5, 5.41) is 21.2. The molecule has 26 heavy (non-hydrogen) atoms. The van der Waals surface area contributed by atoms with Crippen LogP contribution in [0, 0.1) is 0 Å². The van der Waals surface area contributed by atoms with Crippen LogP contribution in [0.2, 0.25) is 0 Å². The maximum atomic E-state index is 5.77. The van der Waals surface area contributed by atoms with Crippen molar-refractivity contribution >= 4 is 11.8 Å². The molecular weight excluding hydrogens is 352 g/mol. The normalized spacial score (nSPS) is 15.3. The molecule has 1 aliphatic rings. The first-order chi connectivity index (χ1) is 12.8. The quantitative estimate of drug-likeness (QED) is 0.607. The minimum absolute atomic E-state index is 0.402. The Morgan fingerprint density at radius 2 is 1.92 bits per heavy atom. The van der Waals surface area contributed by atoms with Crippen molar-refractivity contribution in [2.75, 3.05) is 7.11 Å². The van der Waals surface area contributed by atoms with Gasteiger partial charge in [-0.1, -0.05) is 31.0 Å². The molecule has 0 unspecified atom stereocenters. The highest BCUT2D eigenvalue weighted by Crippen LogP contribution is 2.31. The van der Waals surface area contributed by atoms with Gasteiger partial charge in [0.2, 0.25) is 16.9 Å². The van der Waals surface area contributed by atoms with Crippen LogP contribution in [-0.2, 0) is 5.75 Å². The summed E-state index contributed by atoms with van der Waals surface area (Å²) in [6.07, 6.45) is 6.06. The van der Waals surface area contributed by atoms with Crippen molar-refractivity contribution < 1.29 is 9.15 Å². The van der Waals surface area contributed by atoms with E-state index >= 15 is 0 Å². The van der Waals surface area contributed by atoms with Gasteiger partial charge in [-0.25, -0.2) is 4.68 Å². The fraction of sp³-hybridized carbons (Fsp3) is 0.471. The van der Waals surface area contributed by atoms with Gasteiger partial charge < -0.3 is 9.15 Å².